The molecule has 0 bridgehead atoms. The maximum atomic E-state index is 12.7. The predicted octanol–water partition coefficient (Wildman–Crippen LogP) is 3.01. The van der Waals surface area contributed by atoms with Gasteiger partial charge in [0.25, 0.3) is 5.91 Å². The smallest absolute Gasteiger partial charge is 0.286 e. The Kier molecular flexibility index (Phi) is 6.51. The van der Waals surface area contributed by atoms with E-state index >= 15 is 0 Å². The van der Waals surface area contributed by atoms with E-state index in [-0.39, 0.29) is 11.8 Å². The monoisotopic (exact) mass is 413 g/mol. The number of benzene rings is 1. The van der Waals surface area contributed by atoms with Crippen LogP contribution in [0.2, 0.25) is 0 Å². The van der Waals surface area contributed by atoms with Gasteiger partial charge in [-0.15, -0.1) is 10.2 Å². The third kappa shape index (κ3) is 5.19. The van der Waals surface area contributed by atoms with Crippen molar-refractivity contribution in [2.45, 2.75) is 38.6 Å². The van der Waals surface area contributed by atoms with Gasteiger partial charge in [0.05, 0.1) is 6.54 Å². The van der Waals surface area contributed by atoms with Crippen LogP contribution in [0.15, 0.2) is 30.3 Å². The van der Waals surface area contributed by atoms with Gasteiger partial charge in [0.2, 0.25) is 10.9 Å². The summed E-state index contributed by atoms with van der Waals surface area (Å²) < 4.78 is 0. The first-order chi connectivity index (χ1) is 14.2. The minimum absolute atomic E-state index is 0.158. The van der Waals surface area contributed by atoms with Crippen LogP contribution in [0.25, 0.3) is 0 Å². The van der Waals surface area contributed by atoms with E-state index in [2.05, 4.69) is 25.3 Å². The number of carbonyl (C=O) groups is 2. The zero-order chi connectivity index (χ0) is 20.1. The number of para-hydroxylation sites is 1. The Bertz CT molecular complexity index is 827. The van der Waals surface area contributed by atoms with Crippen molar-refractivity contribution in [3.63, 3.8) is 0 Å². The molecule has 29 heavy (non-hydrogen) atoms. The lowest BCUT2D eigenvalue weighted by Gasteiger charge is -2.35. The molecule has 1 aromatic carbocycles. The zero-order valence-electron chi connectivity index (χ0n) is 16.5. The van der Waals surface area contributed by atoms with E-state index in [1.165, 1.54) is 17.8 Å². The Labute approximate surface area is 175 Å². The van der Waals surface area contributed by atoms with Crippen LogP contribution >= 0.6 is 11.3 Å². The number of likely N-dealkylation sites (tertiary alicyclic amines) is 2. The molecule has 7 nitrogen and oxygen atoms in total. The lowest BCUT2D eigenvalue weighted by molar-refractivity contribution is -0.138. The highest BCUT2D eigenvalue weighted by Gasteiger charge is 2.29. The SMILES string of the molecule is O=C(Nc1ccccc1)c1nnc(CN2CCC(C(=O)N3CCCCC3)CC2)s1. The summed E-state index contributed by atoms with van der Waals surface area (Å²) in [5.41, 5.74) is 0.745. The minimum Gasteiger partial charge on any atom is -0.342 e. The van der Waals surface area contributed by atoms with Crippen molar-refractivity contribution < 1.29 is 9.59 Å². The van der Waals surface area contributed by atoms with Crippen LogP contribution in [0.1, 0.15) is 46.9 Å². The number of aromatic nitrogens is 2. The summed E-state index contributed by atoms with van der Waals surface area (Å²) in [5, 5.41) is 12.3. The molecule has 2 saturated heterocycles. The highest BCUT2D eigenvalue weighted by Crippen LogP contribution is 2.24. The molecule has 2 amide bonds. The topological polar surface area (TPSA) is 78.4 Å². The first kappa shape index (κ1) is 20.0. The van der Waals surface area contributed by atoms with Crippen molar-refractivity contribution in [1.82, 2.24) is 20.0 Å². The molecule has 2 aliphatic rings. The standard InChI is InChI=1S/C21H27N5O2S/c27-19(22-17-7-3-1-4-8-17)20-24-23-18(29-20)15-25-13-9-16(10-14-25)21(28)26-11-5-2-6-12-26/h1,3-4,7-8,16H,2,5-6,9-15H2,(H,22,27). The van der Waals surface area contributed by atoms with Gasteiger partial charge in [0, 0.05) is 24.7 Å². The number of nitrogens with zero attached hydrogens (tertiary/aromatic N) is 4. The van der Waals surface area contributed by atoms with E-state index in [1.54, 1.807) is 0 Å². The van der Waals surface area contributed by atoms with Gasteiger partial charge in [-0.1, -0.05) is 29.5 Å². The van der Waals surface area contributed by atoms with Crippen LogP contribution in [0.4, 0.5) is 5.69 Å². The first-order valence-electron chi connectivity index (χ1n) is 10.4. The molecular weight excluding hydrogens is 386 g/mol. The fraction of sp³-hybridized carbons (Fsp3) is 0.524. The molecule has 154 valence electrons. The predicted molar refractivity (Wildman–Crippen MR) is 113 cm³/mol. The fourth-order valence-electron chi connectivity index (χ4n) is 4.02. The van der Waals surface area contributed by atoms with Gasteiger partial charge < -0.3 is 10.2 Å². The quantitative estimate of drug-likeness (QED) is 0.815. The van der Waals surface area contributed by atoms with E-state index in [4.69, 9.17) is 0 Å². The molecule has 2 aromatic rings. The molecule has 1 aromatic heterocycles. The number of hydrogen-bond donors (Lipinski definition) is 1. The Hall–Kier alpha value is -2.32. The lowest BCUT2D eigenvalue weighted by Crippen LogP contribution is -2.44. The zero-order valence-corrected chi connectivity index (χ0v) is 17.4. The van der Waals surface area contributed by atoms with Gasteiger partial charge in [0.1, 0.15) is 5.01 Å². The maximum absolute atomic E-state index is 12.7. The molecule has 2 fully saturated rings. The van der Waals surface area contributed by atoms with E-state index in [0.717, 1.165) is 62.6 Å². The minimum atomic E-state index is -0.231. The Morgan fingerprint density at radius 1 is 1.00 bits per heavy atom. The average molecular weight is 414 g/mol. The largest absolute Gasteiger partial charge is 0.342 e. The summed E-state index contributed by atoms with van der Waals surface area (Å²) in [6.45, 7) is 4.31. The molecule has 0 radical (unpaired) electrons. The molecule has 1 N–H and O–H groups in total. The summed E-state index contributed by atoms with van der Waals surface area (Å²) in [4.78, 5) is 29.4. The maximum Gasteiger partial charge on any atom is 0.286 e. The van der Waals surface area contributed by atoms with Crippen LogP contribution in [0.3, 0.4) is 0 Å². The van der Waals surface area contributed by atoms with Gasteiger partial charge in [0.15, 0.2) is 0 Å². The highest BCUT2D eigenvalue weighted by molar-refractivity contribution is 7.13. The van der Waals surface area contributed by atoms with E-state index in [9.17, 15) is 9.59 Å². The third-order valence-electron chi connectivity index (χ3n) is 5.66. The molecule has 0 atom stereocenters. The van der Waals surface area contributed by atoms with Crippen LogP contribution in [-0.2, 0) is 11.3 Å². The van der Waals surface area contributed by atoms with Crippen molar-refractivity contribution in [3.8, 4) is 0 Å². The van der Waals surface area contributed by atoms with Gasteiger partial charge >= 0.3 is 0 Å². The number of nitrogens with one attached hydrogen (secondary N) is 1. The molecular formula is C21H27N5O2S. The molecule has 0 spiro atoms. The van der Waals surface area contributed by atoms with Crippen molar-refractivity contribution in [2.24, 2.45) is 5.92 Å². The Morgan fingerprint density at radius 2 is 1.72 bits per heavy atom. The number of hydrogen-bond acceptors (Lipinski definition) is 6. The van der Waals surface area contributed by atoms with Gasteiger partial charge in [-0.2, -0.15) is 0 Å². The number of anilines is 1. The van der Waals surface area contributed by atoms with Crippen molar-refractivity contribution in [2.75, 3.05) is 31.5 Å². The van der Waals surface area contributed by atoms with Crippen LogP contribution in [0, 0.1) is 5.92 Å². The number of amides is 2. The third-order valence-corrected chi connectivity index (χ3v) is 6.56. The molecule has 0 unspecified atom stereocenters. The Morgan fingerprint density at radius 3 is 2.45 bits per heavy atom. The second-order valence-corrected chi connectivity index (χ2v) is 8.82. The molecule has 8 heteroatoms. The second kappa shape index (κ2) is 9.45. The van der Waals surface area contributed by atoms with Crippen molar-refractivity contribution in [1.29, 1.82) is 0 Å². The van der Waals surface area contributed by atoms with E-state index in [1.807, 2.05) is 30.3 Å². The van der Waals surface area contributed by atoms with Gasteiger partial charge in [-0.05, 0) is 57.3 Å². The van der Waals surface area contributed by atoms with Crippen LogP contribution in [-0.4, -0.2) is 58.0 Å². The molecule has 4 rings (SSSR count). The first-order valence-corrected chi connectivity index (χ1v) is 11.2. The van der Waals surface area contributed by atoms with Crippen molar-refractivity contribution in [3.05, 3.63) is 40.3 Å². The van der Waals surface area contributed by atoms with Crippen LogP contribution in [0.5, 0.6) is 0 Å². The summed E-state index contributed by atoms with van der Waals surface area (Å²) in [7, 11) is 0. The van der Waals surface area contributed by atoms with E-state index < -0.39 is 0 Å². The lowest BCUT2D eigenvalue weighted by atomic mass is 9.94. The average Bonchev–Trinajstić information content (AvgIpc) is 3.24. The molecule has 3 heterocycles. The fourth-order valence-corrected chi connectivity index (χ4v) is 4.79. The highest BCUT2D eigenvalue weighted by atomic mass is 32.1. The van der Waals surface area contributed by atoms with Crippen LogP contribution < -0.4 is 5.32 Å². The van der Waals surface area contributed by atoms with Gasteiger partial charge in [-0.3, -0.25) is 14.5 Å². The van der Waals surface area contributed by atoms with E-state index in [0.29, 0.717) is 17.5 Å². The summed E-state index contributed by atoms with van der Waals surface area (Å²) in [6, 6.07) is 9.34. The van der Waals surface area contributed by atoms with Crippen molar-refractivity contribution >= 4 is 28.8 Å². The molecule has 2 aliphatic heterocycles. The summed E-state index contributed by atoms with van der Waals surface area (Å²) in [5.74, 6) is 0.275. The summed E-state index contributed by atoms with van der Waals surface area (Å²) in [6.07, 6.45) is 5.32. The number of piperidine rings is 2. The second-order valence-electron chi connectivity index (χ2n) is 7.76. The number of rotatable bonds is 5. The molecule has 0 saturated carbocycles. The molecule has 0 aliphatic carbocycles. The van der Waals surface area contributed by atoms with Gasteiger partial charge in [-0.25, -0.2) is 0 Å². The summed E-state index contributed by atoms with van der Waals surface area (Å²) >= 11 is 1.33. The normalized spacial score (nSPS) is 18.6. The Balaban J connectivity index is 1.25. The number of carbonyl (C=O) groups excluding carboxylic acids is 2.